The molecule has 18 aromatic carbocycles. The van der Waals surface area contributed by atoms with Crippen LogP contribution in [0.4, 0.5) is 0 Å². The number of hydrogen-bond donors (Lipinski definition) is 0. The molecule has 0 N–H and O–H groups in total. The van der Waals surface area contributed by atoms with Gasteiger partial charge in [-0.1, -0.05) is 315 Å². The highest BCUT2D eigenvalue weighted by Crippen LogP contribution is 2.40. The Morgan fingerprint density at radius 2 is 0.387 bits per heavy atom. The second-order valence-electron chi connectivity index (χ2n) is 35.3. The Hall–Kier alpha value is -18.4. The Bertz CT molecular complexity index is 9790. The zero-order chi connectivity index (χ0) is 89.7. The predicted molar refractivity (Wildman–Crippen MR) is 558 cm³/mol. The Morgan fingerprint density at radius 3 is 0.701 bits per heavy atom. The van der Waals surface area contributed by atoms with Crippen molar-refractivity contribution >= 4 is 207 Å². The summed E-state index contributed by atoms with van der Waals surface area (Å²) < 4.78 is 20.1. The van der Waals surface area contributed by atoms with E-state index in [9.17, 15) is 0 Å². The molecule has 0 aliphatic heterocycles. The molecule has 20 heteroatoms. The fourth-order valence-electron chi connectivity index (χ4n) is 22.3. The summed E-state index contributed by atoms with van der Waals surface area (Å²) in [5, 5.41) is 13.6. The van der Waals surface area contributed by atoms with Gasteiger partial charge in [-0.3, -0.25) is 17.8 Å². The van der Waals surface area contributed by atoms with Crippen molar-refractivity contribution in [1.82, 2.24) is 85.5 Å². The van der Waals surface area contributed by atoms with Gasteiger partial charge in [0.1, 0.15) is 10.9 Å². The van der Waals surface area contributed by atoms with Gasteiger partial charge < -0.3 is 9.13 Å². The van der Waals surface area contributed by atoms with Gasteiger partial charge in [-0.2, -0.15) is 9.97 Å². The van der Waals surface area contributed by atoms with Gasteiger partial charge in [0.25, 0.3) is 0 Å². The zero-order valence-electron chi connectivity index (χ0n) is 73.3. The number of nitrogens with zero attached hydrogens (tertiary/aromatic N) is 18. The average molecular weight is 1790 g/mol. The van der Waals surface area contributed by atoms with Crippen molar-refractivity contribution in [1.29, 1.82) is 0 Å². The van der Waals surface area contributed by atoms with Crippen LogP contribution < -0.4 is 42.0 Å². The molecule has 0 saturated heterocycles. The molecule has 0 radical (unpaired) electrons. The highest BCUT2D eigenvalue weighted by molar-refractivity contribution is 7.20. The summed E-state index contributed by atoms with van der Waals surface area (Å²) in [5.74, 6) is 3.65. The van der Waals surface area contributed by atoms with Crippen LogP contribution in [0, 0.1) is 0 Å². The summed E-state index contributed by atoms with van der Waals surface area (Å²) in [5.41, 5.74) is 22.4. The van der Waals surface area contributed by atoms with Gasteiger partial charge in [0.15, 0.2) is 0 Å². The van der Waals surface area contributed by atoms with Crippen LogP contribution in [0.3, 0.4) is 0 Å². The molecule has 0 unspecified atom stereocenters. The maximum atomic E-state index is 6.06. The molecular weight excluding hydrogens is 1710 g/mol. The van der Waals surface area contributed by atoms with Gasteiger partial charge in [0.05, 0.1) is 99.3 Å². The van der Waals surface area contributed by atoms with E-state index in [0.29, 0.717) is 52.0 Å². The Kier molecular flexibility index (Phi) is 16.5. The third kappa shape index (κ3) is 11.0. The molecule has 640 valence electrons. The molecule has 0 fully saturated rings. The number of para-hydroxylation sites is 14. The lowest BCUT2D eigenvalue weighted by atomic mass is 10.0. The zero-order valence-corrected chi connectivity index (χ0v) is 75.3. The first-order valence-electron chi connectivity index (χ1n) is 46.1. The monoisotopic (exact) mass is 1790 g/mol. The third-order valence-corrected chi connectivity index (χ3v) is 37.2. The van der Waals surface area contributed by atoms with Crippen LogP contribution in [-0.2, 0) is 0 Å². The molecule has 29 aromatic rings. The molecule has 0 aliphatic carbocycles. The molecule has 0 aliphatic rings. The first kappa shape index (κ1) is 76.3. The lowest BCUT2D eigenvalue weighted by Crippen LogP contribution is -2.76. The van der Waals surface area contributed by atoms with Gasteiger partial charge in [-0.05, 0) is 176 Å². The number of hydrogen-bond acceptors (Lipinski definition) is 9. The van der Waals surface area contributed by atoms with Gasteiger partial charge >= 0.3 is 0 Å². The minimum atomic E-state index is -3.71. The summed E-state index contributed by atoms with van der Waals surface area (Å²) in [6.45, 7) is 0. The maximum absolute atomic E-state index is 6.06. The number of imidazole rings is 6. The minimum Gasteiger partial charge on any atom is -0.309 e. The van der Waals surface area contributed by atoms with Crippen molar-refractivity contribution in [3.05, 3.63) is 449 Å². The van der Waals surface area contributed by atoms with Crippen molar-refractivity contribution in [2.75, 3.05) is 0 Å². The fourth-order valence-corrected chi connectivity index (χ4v) is 31.1. The van der Waals surface area contributed by atoms with E-state index < -0.39 is 16.1 Å². The lowest BCUT2D eigenvalue weighted by molar-refractivity contribution is 0.887. The van der Waals surface area contributed by atoms with Crippen LogP contribution in [0.15, 0.2) is 449 Å². The molecule has 11 aromatic heterocycles. The highest BCUT2D eigenvalue weighted by atomic mass is 28.3. The van der Waals surface area contributed by atoms with E-state index in [0.717, 1.165) is 164 Å². The first-order valence-corrected chi connectivity index (χ1v) is 50.1. The Balaban J connectivity index is 0.624. The van der Waals surface area contributed by atoms with Crippen LogP contribution in [0.5, 0.6) is 0 Å². The van der Waals surface area contributed by atoms with Crippen LogP contribution in [0.25, 0.3) is 195 Å². The van der Waals surface area contributed by atoms with Gasteiger partial charge in [-0.25, -0.2) is 48.6 Å². The van der Waals surface area contributed by atoms with Gasteiger partial charge in [-0.15, -0.1) is 0 Å². The molecule has 18 nitrogen and oxygen atoms in total. The summed E-state index contributed by atoms with van der Waals surface area (Å²) >= 11 is 0. The van der Waals surface area contributed by atoms with E-state index in [4.69, 9.17) is 44.9 Å². The van der Waals surface area contributed by atoms with Crippen LogP contribution in [-0.4, -0.2) is 102 Å². The minimum absolute atomic E-state index is 0.394. The summed E-state index contributed by atoms with van der Waals surface area (Å²) in [4.78, 5) is 52.8. The quantitative estimate of drug-likeness (QED) is 0.0719. The maximum Gasteiger partial charge on any atom is 0.241 e. The molecule has 0 saturated carbocycles. The number of fused-ring (bicyclic) bond motifs is 24. The predicted octanol–water partition coefficient (Wildman–Crippen LogP) is 20.0. The lowest BCUT2D eigenvalue weighted by Gasteiger charge is -2.32. The third-order valence-electron chi connectivity index (χ3n) is 28.2. The standard InChI is InChI=1S/C117H74N18Si2/c1-5-33-79(34-6-1)136(80-35-7-2-8-36-80,83-67-63-77(64-68-83)127-94-48-20-13-41-85(94)86-42-14-21-49-95(86)127)113-123-109(129-98-52-24-17-45-89(98)90-46-18-25-53-99(90)129)121-110(124-113)134-107-59-31-28-56-104(107)131-101-71-61-75(73-92(101)119-116(131)134)76-62-72-102-93(74-76)120-117-132(102)105-57-29-32-60-108(105)135(117)112-122-111(133-106-58-30-27-55-103(106)130-100-54-26-19-47-91(100)118-115(130)133)125-114(126-112)137(81-37-9-3-10-38-81,82-39-11-4-12-40-82)84-69-65-78(66-70-84)128-96-50-22-15-43-87(96)88-44-16-23-51-97(88)128/h1-74H. The van der Waals surface area contributed by atoms with Crippen molar-refractivity contribution in [2.45, 2.75) is 0 Å². The van der Waals surface area contributed by atoms with Gasteiger partial charge in [0, 0.05) is 43.7 Å². The summed E-state index contributed by atoms with van der Waals surface area (Å²) in [6, 6.07) is 161. The molecular formula is C117H74N18Si2. The highest BCUT2D eigenvalue weighted by Gasteiger charge is 2.48. The molecule has 11 heterocycles. The summed E-state index contributed by atoms with van der Waals surface area (Å²) in [6.07, 6.45) is 0. The Morgan fingerprint density at radius 1 is 0.153 bits per heavy atom. The number of benzene rings is 18. The molecule has 0 amide bonds. The van der Waals surface area contributed by atoms with Crippen molar-refractivity contribution in [3.8, 4) is 46.3 Å². The normalized spacial score (nSPS) is 12.4. The SMILES string of the molecule is c1ccc([Si](c2ccccc2)(c2ccc(-n3c4ccccc4c4ccccc43)cc2)c2nc(-n3c4ccccc4c4ccccc43)nc(-n3c4ccccc4n4c5ccc(-c6ccc7c(c6)nc6n(-c8nc(-n9c%10ccccc%10n%10c%11ccccc%11nc9%10)nc([Si](c9ccccc9)(c9ccccc9)c9ccc(-n%10c%11ccccc%11c%11ccccc%11%10)cc9)n8)c8ccccc8n76)cc5nc34)n2)cc1. The number of aromatic nitrogens is 18. The van der Waals surface area contributed by atoms with Crippen LogP contribution in [0.1, 0.15) is 0 Å². The summed E-state index contributed by atoms with van der Waals surface area (Å²) in [7, 11) is -7.36. The van der Waals surface area contributed by atoms with E-state index >= 15 is 0 Å². The van der Waals surface area contributed by atoms with Crippen molar-refractivity contribution in [3.63, 3.8) is 0 Å². The van der Waals surface area contributed by atoms with Crippen LogP contribution >= 0.6 is 0 Å². The Labute approximate surface area is 782 Å². The largest absolute Gasteiger partial charge is 0.309 e. The van der Waals surface area contributed by atoms with E-state index in [1.165, 1.54) is 21.5 Å². The second-order valence-corrected chi connectivity index (χ2v) is 42.7. The van der Waals surface area contributed by atoms with E-state index in [1.54, 1.807) is 0 Å². The van der Waals surface area contributed by atoms with E-state index in [1.807, 2.05) is 6.07 Å². The molecule has 29 rings (SSSR count). The van der Waals surface area contributed by atoms with Crippen LogP contribution in [0.2, 0.25) is 0 Å². The van der Waals surface area contributed by atoms with Crippen molar-refractivity contribution in [2.24, 2.45) is 0 Å². The van der Waals surface area contributed by atoms with Gasteiger partial charge in [0.2, 0.25) is 57.3 Å². The van der Waals surface area contributed by atoms with E-state index in [-0.39, 0.29) is 0 Å². The molecule has 137 heavy (non-hydrogen) atoms. The fraction of sp³-hybridized carbons (Fsp3) is 0. The second kappa shape index (κ2) is 29.6. The molecule has 0 spiro atoms. The molecule has 0 atom stereocenters. The smallest absolute Gasteiger partial charge is 0.241 e. The molecule has 0 bridgehead atoms. The van der Waals surface area contributed by atoms with E-state index in [2.05, 4.69) is 483 Å². The topological polar surface area (TPSA) is 159 Å². The first-order chi connectivity index (χ1) is 68.0. The number of rotatable bonds is 15. The van der Waals surface area contributed by atoms with Crippen molar-refractivity contribution < 1.29 is 0 Å². The average Bonchev–Trinajstić information content (AvgIpc) is 1.64.